The fourth-order valence-corrected chi connectivity index (χ4v) is 2.67. The van der Waals surface area contributed by atoms with E-state index in [0.717, 1.165) is 50.5 Å². The molecule has 0 aliphatic carbocycles. The normalized spacial score (nSPS) is 19.2. The minimum absolute atomic E-state index is 0.0270. The van der Waals surface area contributed by atoms with Gasteiger partial charge in [-0.2, -0.15) is 0 Å². The monoisotopic (exact) mass is 293 g/mol. The van der Waals surface area contributed by atoms with Crippen molar-refractivity contribution in [2.45, 2.75) is 32.7 Å². The second-order valence-electron chi connectivity index (χ2n) is 5.91. The number of aromatic nitrogens is 2. The predicted molar refractivity (Wildman–Crippen MR) is 83.1 cm³/mol. The third kappa shape index (κ3) is 4.82. The molecule has 0 saturated carbocycles. The molecule has 0 spiro atoms. The third-order valence-corrected chi connectivity index (χ3v) is 3.98. The predicted octanol–water partition coefficient (Wildman–Crippen LogP) is 0.923. The van der Waals surface area contributed by atoms with Crippen LogP contribution in [0.4, 0.5) is 0 Å². The van der Waals surface area contributed by atoms with Crippen molar-refractivity contribution >= 4 is 5.91 Å². The average molecular weight is 293 g/mol. The number of rotatable bonds is 5. The number of H-pyrrole nitrogens is 1. The first-order chi connectivity index (χ1) is 10.1. The topological polar surface area (TPSA) is 64.3 Å². The molecule has 2 rings (SSSR count). The lowest BCUT2D eigenvalue weighted by Gasteiger charge is -2.21. The van der Waals surface area contributed by atoms with Gasteiger partial charge >= 0.3 is 0 Å². The molecule has 2 heterocycles. The summed E-state index contributed by atoms with van der Waals surface area (Å²) >= 11 is 0. The van der Waals surface area contributed by atoms with Crippen LogP contribution in [-0.2, 0) is 4.79 Å². The lowest BCUT2D eigenvalue weighted by Crippen LogP contribution is -2.40. The van der Waals surface area contributed by atoms with E-state index in [9.17, 15) is 4.79 Å². The Morgan fingerprint density at radius 1 is 1.43 bits per heavy atom. The number of hydrogen-bond donors (Lipinski definition) is 2. The summed E-state index contributed by atoms with van der Waals surface area (Å²) in [5, 5.41) is 3.09. The van der Waals surface area contributed by atoms with E-state index in [1.807, 2.05) is 6.92 Å². The Hall–Kier alpha value is -1.40. The first-order valence-corrected chi connectivity index (χ1v) is 7.80. The second-order valence-corrected chi connectivity index (χ2v) is 5.91. The van der Waals surface area contributed by atoms with Crippen molar-refractivity contribution in [3.8, 4) is 0 Å². The van der Waals surface area contributed by atoms with E-state index in [1.165, 1.54) is 0 Å². The Balaban J connectivity index is 1.85. The molecule has 1 aromatic heterocycles. The van der Waals surface area contributed by atoms with Crippen molar-refractivity contribution in [3.63, 3.8) is 0 Å². The van der Waals surface area contributed by atoms with Crippen molar-refractivity contribution in [1.29, 1.82) is 0 Å². The van der Waals surface area contributed by atoms with Crippen molar-refractivity contribution in [3.05, 3.63) is 17.7 Å². The van der Waals surface area contributed by atoms with Crippen molar-refractivity contribution < 1.29 is 4.79 Å². The third-order valence-electron chi connectivity index (χ3n) is 3.98. The first kappa shape index (κ1) is 16.0. The van der Waals surface area contributed by atoms with Gasteiger partial charge in [0.2, 0.25) is 5.91 Å². The summed E-state index contributed by atoms with van der Waals surface area (Å²) < 4.78 is 0. The molecule has 1 aliphatic heterocycles. The van der Waals surface area contributed by atoms with Crippen molar-refractivity contribution in [2.75, 3.05) is 39.8 Å². The molecule has 0 radical (unpaired) electrons. The molecule has 1 saturated heterocycles. The molecule has 118 valence electrons. The van der Waals surface area contributed by atoms with E-state index in [2.05, 4.69) is 39.1 Å². The van der Waals surface area contributed by atoms with Gasteiger partial charge in [-0.3, -0.25) is 9.69 Å². The maximum absolute atomic E-state index is 12.2. The lowest BCUT2D eigenvalue weighted by molar-refractivity contribution is -0.123. The number of aryl methyl sites for hydroxylation is 1. The van der Waals surface area contributed by atoms with Crippen LogP contribution in [0.15, 0.2) is 6.20 Å². The number of imidazole rings is 1. The van der Waals surface area contributed by atoms with E-state index in [1.54, 1.807) is 6.20 Å². The van der Waals surface area contributed by atoms with Gasteiger partial charge in [-0.05, 0) is 39.9 Å². The number of hydrogen-bond acceptors (Lipinski definition) is 4. The Labute approximate surface area is 126 Å². The molecular formula is C15H27N5O. The number of nitrogens with zero attached hydrogens (tertiary/aromatic N) is 3. The number of likely N-dealkylation sites (N-methyl/N-ethyl adjacent to an activating group) is 1. The zero-order valence-corrected chi connectivity index (χ0v) is 13.4. The summed E-state index contributed by atoms with van der Waals surface area (Å²) in [7, 11) is 2.13. The number of carbonyl (C=O) groups excluding carboxylic acids is 1. The maximum atomic E-state index is 12.2. The summed E-state index contributed by atoms with van der Waals surface area (Å²) in [6.07, 6.45) is 3.76. The molecule has 2 N–H and O–H groups in total. The number of nitrogens with one attached hydrogen (secondary N) is 2. The van der Waals surface area contributed by atoms with Crippen molar-refractivity contribution in [1.82, 2.24) is 25.1 Å². The van der Waals surface area contributed by atoms with Gasteiger partial charge in [0.1, 0.15) is 5.82 Å². The summed E-state index contributed by atoms with van der Waals surface area (Å²) in [4.78, 5) is 24.3. The summed E-state index contributed by atoms with van der Waals surface area (Å²) in [5.41, 5.74) is 1.02. The van der Waals surface area contributed by atoms with Gasteiger partial charge in [-0.15, -0.1) is 0 Å². The number of amides is 1. The molecule has 0 bridgehead atoms. The van der Waals surface area contributed by atoms with Crippen LogP contribution >= 0.6 is 0 Å². The highest BCUT2D eigenvalue weighted by Gasteiger charge is 2.19. The van der Waals surface area contributed by atoms with Gasteiger partial charge in [0.25, 0.3) is 0 Å². The molecule has 6 nitrogen and oxygen atoms in total. The molecule has 1 aliphatic rings. The Morgan fingerprint density at radius 2 is 2.24 bits per heavy atom. The van der Waals surface area contributed by atoms with Crippen LogP contribution in [0.2, 0.25) is 0 Å². The zero-order valence-electron chi connectivity index (χ0n) is 13.4. The summed E-state index contributed by atoms with van der Waals surface area (Å²) in [5.74, 6) is 0.930. The van der Waals surface area contributed by atoms with Crippen molar-refractivity contribution in [2.24, 2.45) is 0 Å². The van der Waals surface area contributed by atoms with E-state index < -0.39 is 0 Å². The molecule has 1 fully saturated rings. The van der Waals surface area contributed by atoms with Crippen LogP contribution in [0.1, 0.15) is 37.3 Å². The minimum atomic E-state index is -0.0270. The van der Waals surface area contributed by atoms with E-state index >= 15 is 0 Å². The smallest absolute Gasteiger partial charge is 0.234 e. The number of carbonyl (C=O) groups is 1. The van der Waals surface area contributed by atoms with E-state index in [4.69, 9.17) is 0 Å². The maximum Gasteiger partial charge on any atom is 0.234 e. The van der Waals surface area contributed by atoms with Crippen LogP contribution < -0.4 is 5.32 Å². The van der Waals surface area contributed by atoms with Crippen LogP contribution in [0, 0.1) is 6.92 Å². The van der Waals surface area contributed by atoms with Crippen LogP contribution in [0.25, 0.3) is 0 Å². The van der Waals surface area contributed by atoms with Gasteiger partial charge < -0.3 is 15.2 Å². The molecule has 0 aromatic carbocycles. The van der Waals surface area contributed by atoms with Gasteiger partial charge in [0.15, 0.2) is 0 Å². The van der Waals surface area contributed by atoms with Crippen LogP contribution in [0.3, 0.4) is 0 Å². The highest BCUT2D eigenvalue weighted by Crippen LogP contribution is 2.12. The molecule has 21 heavy (non-hydrogen) atoms. The van der Waals surface area contributed by atoms with Gasteiger partial charge in [-0.1, -0.05) is 6.92 Å². The summed E-state index contributed by atoms with van der Waals surface area (Å²) in [6, 6.07) is -0.0270. The quantitative estimate of drug-likeness (QED) is 0.847. The molecule has 1 atom stereocenters. The molecule has 1 amide bonds. The van der Waals surface area contributed by atoms with E-state index in [-0.39, 0.29) is 11.9 Å². The second kappa shape index (κ2) is 7.56. The molecule has 6 heteroatoms. The Bertz CT molecular complexity index is 459. The Morgan fingerprint density at radius 3 is 2.90 bits per heavy atom. The van der Waals surface area contributed by atoms with Crippen LogP contribution in [0.5, 0.6) is 0 Å². The summed E-state index contributed by atoms with van der Waals surface area (Å²) in [6.45, 7) is 8.60. The SMILES string of the molecule is CC[C@@H](NC(=O)CN1CCCN(C)CC1)c1ncc(C)[nH]1. The Kier molecular flexibility index (Phi) is 5.76. The van der Waals surface area contributed by atoms with E-state index in [0.29, 0.717) is 6.54 Å². The minimum Gasteiger partial charge on any atom is -0.345 e. The zero-order chi connectivity index (χ0) is 15.2. The largest absolute Gasteiger partial charge is 0.345 e. The van der Waals surface area contributed by atoms with Gasteiger partial charge in [-0.25, -0.2) is 4.98 Å². The molecule has 0 unspecified atom stereocenters. The van der Waals surface area contributed by atoms with Gasteiger partial charge in [0, 0.05) is 25.0 Å². The van der Waals surface area contributed by atoms with Crippen LogP contribution in [-0.4, -0.2) is 65.4 Å². The average Bonchev–Trinajstić information content (AvgIpc) is 2.78. The molecular weight excluding hydrogens is 266 g/mol. The fourth-order valence-electron chi connectivity index (χ4n) is 2.67. The number of aromatic amines is 1. The highest BCUT2D eigenvalue weighted by atomic mass is 16.2. The van der Waals surface area contributed by atoms with Gasteiger partial charge in [0.05, 0.1) is 12.6 Å². The standard InChI is InChI=1S/C15H27N5O/c1-4-13(15-16-10-12(2)17-15)18-14(21)11-20-7-5-6-19(3)8-9-20/h10,13H,4-9,11H2,1-3H3,(H,16,17)(H,18,21)/t13-/m1/s1. The first-order valence-electron chi connectivity index (χ1n) is 7.80. The fraction of sp³-hybridized carbons (Fsp3) is 0.733. The molecule has 1 aromatic rings. The highest BCUT2D eigenvalue weighted by molar-refractivity contribution is 5.78. The lowest BCUT2D eigenvalue weighted by atomic mass is 10.2.